The molecule has 8 nitrogen and oxygen atoms in total. The molecule has 4 rings (SSSR count). The smallest absolute Gasteiger partial charge is 0.269 e. The number of benzene rings is 2. The van der Waals surface area contributed by atoms with Gasteiger partial charge in [-0.15, -0.1) is 0 Å². The molecule has 0 saturated heterocycles. The number of rotatable bonds is 8. The summed E-state index contributed by atoms with van der Waals surface area (Å²) in [6, 6.07) is 15.3. The minimum Gasteiger partial charge on any atom is -0.366 e. The molecule has 0 aliphatic rings. The van der Waals surface area contributed by atoms with Crippen molar-refractivity contribution >= 4 is 17.6 Å². The molecule has 32 heavy (non-hydrogen) atoms. The Hall–Kier alpha value is -3.94. The van der Waals surface area contributed by atoms with E-state index in [4.69, 9.17) is 11.5 Å². The molecule has 0 radical (unpaired) electrons. The number of aromatic nitrogens is 4. The molecule has 0 fully saturated rings. The van der Waals surface area contributed by atoms with Gasteiger partial charge in [-0.05, 0) is 36.1 Å². The van der Waals surface area contributed by atoms with Crippen molar-refractivity contribution in [1.82, 2.24) is 19.2 Å². The number of hydrogen-bond acceptors (Lipinski definition) is 4. The molecule has 0 spiro atoms. The Morgan fingerprint density at radius 2 is 1.72 bits per heavy atom. The standard InChI is InChI=1S/C24H26N6O2/c1-3-4-9-20-28-30-21(23(26)32)15(2)27-24(30)29(20)14-16-10-12-17(13-11-16)18-7-5-6-8-19(18)22(25)31/h5-8,10-13H,3-4,9,14H2,1-2H3,(H2,25,31)(H2,26,32). The summed E-state index contributed by atoms with van der Waals surface area (Å²) in [5.41, 5.74) is 15.2. The summed E-state index contributed by atoms with van der Waals surface area (Å²) in [7, 11) is 0. The van der Waals surface area contributed by atoms with Crippen molar-refractivity contribution in [2.75, 3.05) is 0 Å². The van der Waals surface area contributed by atoms with Crippen molar-refractivity contribution in [2.45, 2.75) is 39.7 Å². The van der Waals surface area contributed by atoms with Crippen LogP contribution < -0.4 is 11.5 Å². The lowest BCUT2D eigenvalue weighted by molar-refractivity contribution is 0.0987. The Kier molecular flexibility index (Phi) is 5.77. The molecule has 0 atom stereocenters. The summed E-state index contributed by atoms with van der Waals surface area (Å²) in [6.07, 6.45) is 2.79. The lowest BCUT2D eigenvalue weighted by Gasteiger charge is -2.10. The van der Waals surface area contributed by atoms with Gasteiger partial charge < -0.3 is 11.5 Å². The van der Waals surface area contributed by atoms with Crippen LogP contribution in [0.1, 0.15) is 57.7 Å². The molecule has 0 aliphatic heterocycles. The van der Waals surface area contributed by atoms with E-state index in [9.17, 15) is 9.59 Å². The van der Waals surface area contributed by atoms with E-state index in [1.807, 2.05) is 41.0 Å². The van der Waals surface area contributed by atoms with E-state index in [0.717, 1.165) is 41.8 Å². The summed E-state index contributed by atoms with van der Waals surface area (Å²) < 4.78 is 3.58. The number of fused-ring (bicyclic) bond motifs is 1. The van der Waals surface area contributed by atoms with Crippen LogP contribution in [0.15, 0.2) is 48.5 Å². The molecular weight excluding hydrogens is 404 g/mol. The number of amides is 2. The number of nitrogens with zero attached hydrogens (tertiary/aromatic N) is 4. The summed E-state index contributed by atoms with van der Waals surface area (Å²) in [4.78, 5) is 28.3. The number of aryl methyl sites for hydroxylation is 2. The van der Waals surface area contributed by atoms with Crippen LogP contribution in [0.4, 0.5) is 0 Å². The quantitative estimate of drug-likeness (QED) is 0.446. The first-order valence-electron chi connectivity index (χ1n) is 10.6. The van der Waals surface area contributed by atoms with Crippen LogP contribution in [0, 0.1) is 6.92 Å². The molecule has 2 amide bonds. The number of carbonyl (C=O) groups excluding carboxylic acids is 2. The van der Waals surface area contributed by atoms with Gasteiger partial charge in [0.2, 0.25) is 11.7 Å². The summed E-state index contributed by atoms with van der Waals surface area (Å²) in [5, 5.41) is 4.65. The fourth-order valence-corrected chi connectivity index (χ4v) is 3.94. The highest BCUT2D eigenvalue weighted by atomic mass is 16.1. The average molecular weight is 431 g/mol. The SMILES string of the molecule is CCCCc1nn2c(C(N)=O)c(C)nc2n1Cc1ccc(-c2ccccc2C(N)=O)cc1. The largest absolute Gasteiger partial charge is 0.366 e. The Balaban J connectivity index is 1.71. The zero-order valence-electron chi connectivity index (χ0n) is 18.2. The second kappa shape index (κ2) is 8.66. The maximum atomic E-state index is 11.9. The summed E-state index contributed by atoms with van der Waals surface area (Å²) >= 11 is 0. The molecule has 164 valence electrons. The van der Waals surface area contributed by atoms with Crippen LogP contribution in [0.25, 0.3) is 16.9 Å². The number of primary amides is 2. The van der Waals surface area contributed by atoms with E-state index in [2.05, 4.69) is 17.0 Å². The van der Waals surface area contributed by atoms with E-state index in [0.29, 0.717) is 29.3 Å². The third kappa shape index (κ3) is 3.87. The van der Waals surface area contributed by atoms with Crippen LogP contribution in [-0.4, -0.2) is 31.0 Å². The third-order valence-corrected chi connectivity index (χ3v) is 5.57. The zero-order chi connectivity index (χ0) is 22.8. The second-order valence-electron chi connectivity index (χ2n) is 7.83. The molecule has 2 heterocycles. The van der Waals surface area contributed by atoms with E-state index >= 15 is 0 Å². The maximum absolute atomic E-state index is 11.9. The van der Waals surface area contributed by atoms with Gasteiger partial charge in [-0.25, -0.2) is 4.98 Å². The number of carbonyl (C=O) groups is 2. The van der Waals surface area contributed by atoms with Gasteiger partial charge in [0.1, 0.15) is 5.82 Å². The van der Waals surface area contributed by atoms with E-state index in [-0.39, 0.29) is 0 Å². The fraction of sp³-hybridized carbons (Fsp3) is 0.250. The molecule has 2 aromatic heterocycles. The Morgan fingerprint density at radius 3 is 2.38 bits per heavy atom. The fourth-order valence-electron chi connectivity index (χ4n) is 3.94. The molecule has 8 heteroatoms. The Morgan fingerprint density at radius 1 is 1.00 bits per heavy atom. The van der Waals surface area contributed by atoms with Crippen LogP contribution in [-0.2, 0) is 13.0 Å². The minimum atomic E-state index is -0.542. The first kappa shape index (κ1) is 21.3. The van der Waals surface area contributed by atoms with Crippen molar-refractivity contribution < 1.29 is 9.59 Å². The summed E-state index contributed by atoms with van der Waals surface area (Å²) in [6.45, 7) is 4.44. The first-order valence-corrected chi connectivity index (χ1v) is 10.6. The highest BCUT2D eigenvalue weighted by Gasteiger charge is 2.21. The van der Waals surface area contributed by atoms with Gasteiger partial charge in [-0.2, -0.15) is 9.61 Å². The lowest BCUT2D eigenvalue weighted by Crippen LogP contribution is -2.15. The Bertz CT molecular complexity index is 1300. The highest BCUT2D eigenvalue weighted by molar-refractivity contribution is 5.99. The van der Waals surface area contributed by atoms with Crippen molar-refractivity contribution in [1.29, 1.82) is 0 Å². The van der Waals surface area contributed by atoms with Crippen molar-refractivity contribution in [2.24, 2.45) is 11.5 Å². The average Bonchev–Trinajstić information content (AvgIpc) is 3.27. The van der Waals surface area contributed by atoms with Crippen molar-refractivity contribution in [3.8, 4) is 11.1 Å². The number of nitrogens with two attached hydrogens (primary N) is 2. The van der Waals surface area contributed by atoms with Crippen LogP contribution >= 0.6 is 0 Å². The zero-order valence-corrected chi connectivity index (χ0v) is 18.2. The van der Waals surface area contributed by atoms with Gasteiger partial charge in [0.15, 0.2) is 5.69 Å². The van der Waals surface area contributed by atoms with Crippen LogP contribution in [0.5, 0.6) is 0 Å². The molecule has 0 saturated carbocycles. The van der Waals surface area contributed by atoms with Crippen LogP contribution in [0.3, 0.4) is 0 Å². The van der Waals surface area contributed by atoms with Gasteiger partial charge in [0.25, 0.3) is 5.91 Å². The summed E-state index contributed by atoms with van der Waals surface area (Å²) in [5.74, 6) is 0.468. The molecule has 4 N–H and O–H groups in total. The highest BCUT2D eigenvalue weighted by Crippen LogP contribution is 2.25. The van der Waals surface area contributed by atoms with E-state index in [1.54, 1.807) is 23.6 Å². The monoisotopic (exact) mass is 430 g/mol. The molecular formula is C24H26N6O2. The van der Waals surface area contributed by atoms with E-state index < -0.39 is 11.8 Å². The number of unbranched alkanes of at least 4 members (excludes halogenated alkanes) is 1. The van der Waals surface area contributed by atoms with Gasteiger partial charge in [0.05, 0.1) is 12.2 Å². The maximum Gasteiger partial charge on any atom is 0.269 e. The van der Waals surface area contributed by atoms with E-state index in [1.165, 1.54) is 0 Å². The third-order valence-electron chi connectivity index (χ3n) is 5.57. The Labute approximate surface area is 185 Å². The van der Waals surface area contributed by atoms with Crippen molar-refractivity contribution in [3.63, 3.8) is 0 Å². The van der Waals surface area contributed by atoms with Gasteiger partial charge in [0, 0.05) is 12.0 Å². The number of hydrogen-bond donors (Lipinski definition) is 2. The topological polar surface area (TPSA) is 121 Å². The van der Waals surface area contributed by atoms with Crippen molar-refractivity contribution in [3.05, 3.63) is 76.9 Å². The minimum absolute atomic E-state index is 0.315. The molecule has 0 bridgehead atoms. The van der Waals surface area contributed by atoms with Gasteiger partial charge in [-0.3, -0.25) is 14.2 Å². The lowest BCUT2D eigenvalue weighted by atomic mass is 9.98. The molecule has 0 unspecified atom stereocenters. The normalized spacial score (nSPS) is 11.2. The molecule has 0 aliphatic carbocycles. The predicted octanol–water partition coefficient (Wildman–Crippen LogP) is 3.09. The number of imidazole rings is 1. The molecule has 4 aromatic rings. The second-order valence-corrected chi connectivity index (χ2v) is 7.83. The molecule has 2 aromatic carbocycles. The first-order chi connectivity index (χ1) is 15.4. The van der Waals surface area contributed by atoms with Gasteiger partial charge in [-0.1, -0.05) is 55.8 Å². The van der Waals surface area contributed by atoms with Gasteiger partial charge >= 0.3 is 0 Å². The predicted molar refractivity (Wildman–Crippen MR) is 122 cm³/mol. The van der Waals surface area contributed by atoms with Crippen LogP contribution in [0.2, 0.25) is 0 Å².